The van der Waals surface area contributed by atoms with Crippen LogP contribution in [0.4, 0.5) is 0 Å². The highest BCUT2D eigenvalue weighted by Gasteiger charge is 2.34. The summed E-state index contributed by atoms with van der Waals surface area (Å²) < 4.78 is 11.5. The largest absolute Gasteiger partial charge is 0.485 e. The molecular weight excluding hydrogens is 340 g/mol. The molecule has 0 spiro atoms. The first-order chi connectivity index (χ1) is 13.1. The van der Waals surface area contributed by atoms with Crippen LogP contribution in [-0.4, -0.2) is 36.5 Å². The molecule has 1 N–H and O–H groups in total. The summed E-state index contributed by atoms with van der Waals surface area (Å²) in [7, 11) is 0. The van der Waals surface area contributed by atoms with Gasteiger partial charge < -0.3 is 19.4 Å². The monoisotopic (exact) mass is 368 g/mol. The summed E-state index contributed by atoms with van der Waals surface area (Å²) >= 11 is 0. The lowest BCUT2D eigenvalue weighted by molar-refractivity contribution is 0.0915. The highest BCUT2D eigenvalue weighted by Crippen LogP contribution is 2.31. The van der Waals surface area contributed by atoms with Crippen molar-refractivity contribution in [2.24, 2.45) is 5.92 Å². The third kappa shape index (κ3) is 4.53. The number of benzene rings is 1. The lowest BCUT2D eigenvalue weighted by Gasteiger charge is -2.14. The van der Waals surface area contributed by atoms with Crippen LogP contribution >= 0.6 is 0 Å². The first-order valence-electron chi connectivity index (χ1n) is 9.89. The van der Waals surface area contributed by atoms with Crippen LogP contribution in [0.2, 0.25) is 0 Å². The zero-order chi connectivity index (χ0) is 18.8. The van der Waals surface area contributed by atoms with Gasteiger partial charge in [-0.3, -0.25) is 4.79 Å². The molecule has 1 aliphatic carbocycles. The normalized spacial score (nSPS) is 20.0. The minimum Gasteiger partial charge on any atom is -0.485 e. The molecule has 2 heterocycles. The predicted octanol–water partition coefficient (Wildman–Crippen LogP) is 3.69. The zero-order valence-electron chi connectivity index (χ0n) is 16.2. The molecule has 1 aliphatic heterocycles. The number of likely N-dealkylation sites (tertiary alicyclic amines) is 1. The van der Waals surface area contributed by atoms with E-state index in [2.05, 4.69) is 23.2 Å². The lowest BCUT2D eigenvalue weighted by Crippen LogP contribution is -2.31. The molecule has 27 heavy (non-hydrogen) atoms. The van der Waals surface area contributed by atoms with Crippen molar-refractivity contribution in [3.63, 3.8) is 0 Å². The van der Waals surface area contributed by atoms with Crippen LogP contribution in [0.5, 0.6) is 5.75 Å². The highest BCUT2D eigenvalue weighted by atomic mass is 16.5. The fourth-order valence-corrected chi connectivity index (χ4v) is 3.81. The van der Waals surface area contributed by atoms with E-state index in [1.54, 1.807) is 6.07 Å². The van der Waals surface area contributed by atoms with Gasteiger partial charge in [0.15, 0.2) is 5.76 Å². The topological polar surface area (TPSA) is 54.7 Å². The van der Waals surface area contributed by atoms with Crippen molar-refractivity contribution in [2.45, 2.75) is 45.8 Å². The van der Waals surface area contributed by atoms with Gasteiger partial charge in [0, 0.05) is 19.1 Å². The second kappa shape index (κ2) is 7.77. The Balaban J connectivity index is 1.25. The number of aryl methyl sites for hydroxylation is 2. The number of rotatable bonds is 7. The Morgan fingerprint density at radius 3 is 2.85 bits per heavy atom. The van der Waals surface area contributed by atoms with Crippen LogP contribution in [-0.2, 0) is 6.61 Å². The summed E-state index contributed by atoms with van der Waals surface area (Å²) in [4.78, 5) is 14.9. The summed E-state index contributed by atoms with van der Waals surface area (Å²) in [5.74, 6) is 2.26. The minimum absolute atomic E-state index is 0.141. The smallest absolute Gasteiger partial charge is 0.287 e. The van der Waals surface area contributed by atoms with Crippen molar-refractivity contribution < 1.29 is 13.9 Å². The molecule has 144 valence electrons. The van der Waals surface area contributed by atoms with Crippen LogP contribution < -0.4 is 10.1 Å². The summed E-state index contributed by atoms with van der Waals surface area (Å²) in [5, 5.41) is 3.02. The van der Waals surface area contributed by atoms with Gasteiger partial charge in [-0.1, -0.05) is 17.7 Å². The Hall–Kier alpha value is -2.27. The standard InChI is InChI=1S/C22H28N2O3/c1-15-3-7-20(16(2)11-15)26-14-19-6-8-21(27-19)22(25)23-12-17-9-10-24(13-17)18-4-5-18/h3,6-8,11,17-18H,4-5,9-10,12-14H2,1-2H3,(H,23,25). The molecule has 2 fully saturated rings. The van der Waals surface area contributed by atoms with Gasteiger partial charge in [-0.15, -0.1) is 0 Å². The van der Waals surface area contributed by atoms with Crippen molar-refractivity contribution in [1.29, 1.82) is 0 Å². The van der Waals surface area contributed by atoms with E-state index in [9.17, 15) is 4.79 Å². The van der Waals surface area contributed by atoms with Crippen molar-refractivity contribution in [2.75, 3.05) is 19.6 Å². The van der Waals surface area contributed by atoms with Crippen molar-refractivity contribution in [1.82, 2.24) is 10.2 Å². The summed E-state index contributed by atoms with van der Waals surface area (Å²) in [6, 6.07) is 10.4. The molecule has 5 nitrogen and oxygen atoms in total. The maximum atomic E-state index is 12.3. The van der Waals surface area contributed by atoms with Gasteiger partial charge in [-0.25, -0.2) is 0 Å². The maximum Gasteiger partial charge on any atom is 0.287 e. The number of hydrogen-bond donors (Lipinski definition) is 1. The van der Waals surface area contributed by atoms with E-state index in [0.717, 1.165) is 30.4 Å². The van der Waals surface area contributed by atoms with Gasteiger partial charge in [0.1, 0.15) is 18.1 Å². The molecule has 0 radical (unpaired) electrons. The van der Waals surface area contributed by atoms with Crippen LogP contribution in [0, 0.1) is 19.8 Å². The molecule has 1 saturated heterocycles. The third-order valence-corrected chi connectivity index (χ3v) is 5.52. The third-order valence-electron chi connectivity index (χ3n) is 5.52. The van der Waals surface area contributed by atoms with Crippen LogP contribution in [0.15, 0.2) is 34.7 Å². The molecule has 5 heteroatoms. The Morgan fingerprint density at radius 2 is 2.07 bits per heavy atom. The number of ether oxygens (including phenoxy) is 1. The summed E-state index contributed by atoms with van der Waals surface area (Å²) in [6.45, 7) is 7.40. The van der Waals surface area contributed by atoms with Crippen molar-refractivity contribution >= 4 is 5.91 Å². The van der Waals surface area contributed by atoms with E-state index < -0.39 is 0 Å². The van der Waals surface area contributed by atoms with Crippen LogP contribution in [0.25, 0.3) is 0 Å². The molecule has 1 aromatic heterocycles. The number of nitrogens with zero attached hydrogens (tertiary/aromatic N) is 1. The van der Waals surface area contributed by atoms with Gasteiger partial charge >= 0.3 is 0 Å². The van der Waals surface area contributed by atoms with E-state index in [-0.39, 0.29) is 5.91 Å². The maximum absolute atomic E-state index is 12.3. The molecule has 1 saturated carbocycles. The van der Waals surface area contributed by atoms with Crippen LogP contribution in [0.1, 0.15) is 46.7 Å². The average molecular weight is 368 g/mol. The highest BCUT2D eigenvalue weighted by molar-refractivity contribution is 5.91. The quantitative estimate of drug-likeness (QED) is 0.810. The second-order valence-corrected chi connectivity index (χ2v) is 7.91. The lowest BCUT2D eigenvalue weighted by atomic mass is 10.1. The molecule has 0 bridgehead atoms. The van der Waals surface area contributed by atoms with E-state index >= 15 is 0 Å². The molecule has 2 aromatic rings. The van der Waals surface area contributed by atoms with E-state index in [1.165, 1.54) is 31.4 Å². The molecule has 1 aromatic carbocycles. The van der Waals surface area contributed by atoms with Crippen molar-refractivity contribution in [3.8, 4) is 5.75 Å². The first-order valence-corrected chi connectivity index (χ1v) is 9.89. The fourth-order valence-electron chi connectivity index (χ4n) is 3.81. The number of furan rings is 1. The van der Waals surface area contributed by atoms with Gasteiger partial charge in [0.2, 0.25) is 0 Å². The van der Waals surface area contributed by atoms with Crippen LogP contribution in [0.3, 0.4) is 0 Å². The number of hydrogen-bond acceptors (Lipinski definition) is 4. The minimum atomic E-state index is -0.141. The number of nitrogens with one attached hydrogen (secondary N) is 1. The SMILES string of the molecule is Cc1ccc(OCc2ccc(C(=O)NCC3CCN(C4CC4)C3)o2)c(C)c1. The van der Waals surface area contributed by atoms with E-state index in [0.29, 0.717) is 24.0 Å². The Labute approximate surface area is 160 Å². The Bertz CT molecular complexity index is 810. The fraction of sp³-hybridized carbons (Fsp3) is 0.500. The van der Waals surface area contributed by atoms with E-state index in [4.69, 9.17) is 9.15 Å². The molecule has 4 rings (SSSR count). The molecular formula is C22H28N2O3. The second-order valence-electron chi connectivity index (χ2n) is 7.91. The molecule has 2 aliphatic rings. The zero-order valence-corrected chi connectivity index (χ0v) is 16.2. The molecule has 1 unspecified atom stereocenters. The van der Waals surface area contributed by atoms with Gasteiger partial charge in [-0.2, -0.15) is 0 Å². The molecule has 1 amide bonds. The summed E-state index contributed by atoms with van der Waals surface area (Å²) in [5.41, 5.74) is 2.30. The predicted molar refractivity (Wildman–Crippen MR) is 104 cm³/mol. The van der Waals surface area contributed by atoms with Gasteiger partial charge in [-0.05, 0) is 69.3 Å². The van der Waals surface area contributed by atoms with Gasteiger partial charge in [0.25, 0.3) is 5.91 Å². The summed E-state index contributed by atoms with van der Waals surface area (Å²) in [6.07, 6.45) is 3.86. The van der Waals surface area contributed by atoms with E-state index in [1.807, 2.05) is 25.1 Å². The average Bonchev–Trinajstić information content (AvgIpc) is 3.20. The number of carbonyl (C=O) groups excluding carboxylic acids is 1. The number of carbonyl (C=O) groups is 1. The van der Waals surface area contributed by atoms with Gasteiger partial charge in [0.05, 0.1) is 0 Å². The Morgan fingerprint density at radius 1 is 1.22 bits per heavy atom. The van der Waals surface area contributed by atoms with Crippen molar-refractivity contribution in [3.05, 3.63) is 53.0 Å². The number of amides is 1. The Kier molecular flexibility index (Phi) is 5.21. The first kappa shape index (κ1) is 18.1. The molecule has 1 atom stereocenters.